The molecule has 0 unspecified atom stereocenters. The Hall–Kier alpha value is -2.39. The lowest BCUT2D eigenvalue weighted by Gasteiger charge is -2.13. The molecule has 8 nitrogen and oxygen atoms in total. The second-order valence-electron chi connectivity index (χ2n) is 4.92. The van der Waals surface area contributed by atoms with E-state index in [1.54, 1.807) is 18.2 Å². The van der Waals surface area contributed by atoms with Gasteiger partial charge in [0.25, 0.3) is 5.91 Å². The van der Waals surface area contributed by atoms with Gasteiger partial charge in [0, 0.05) is 5.56 Å². The summed E-state index contributed by atoms with van der Waals surface area (Å²) in [5, 5.41) is 31.1. The molecule has 0 aliphatic rings. The first-order valence-electron chi connectivity index (χ1n) is 6.87. The Kier molecular flexibility index (Phi) is 6.16. The van der Waals surface area contributed by atoms with Gasteiger partial charge in [-0.15, -0.1) is 0 Å². The number of aromatic hydroxyl groups is 1. The first kappa shape index (κ1) is 18.9. The van der Waals surface area contributed by atoms with Crippen molar-refractivity contribution in [3.63, 3.8) is 0 Å². The van der Waals surface area contributed by atoms with Crippen molar-refractivity contribution in [2.45, 2.75) is 13.0 Å². The number of halogens is 2. The molecule has 0 fully saturated rings. The SMILES string of the molecule is O=C(Cc1ccc(Cl)c(Cl)c1)Nc1cnc(C(=O)NO)c(O)c1CO. The highest BCUT2D eigenvalue weighted by Crippen LogP contribution is 2.28. The predicted octanol–water partition coefficient (Wildman–Crippen LogP) is 1.89. The van der Waals surface area contributed by atoms with Gasteiger partial charge >= 0.3 is 0 Å². The van der Waals surface area contributed by atoms with Crippen LogP contribution in [0.2, 0.25) is 10.0 Å². The van der Waals surface area contributed by atoms with Crippen LogP contribution in [0.25, 0.3) is 0 Å². The molecule has 0 saturated heterocycles. The van der Waals surface area contributed by atoms with E-state index in [0.29, 0.717) is 15.6 Å². The number of anilines is 1. The largest absolute Gasteiger partial charge is 0.505 e. The first-order chi connectivity index (χ1) is 11.9. The smallest absolute Gasteiger partial charge is 0.297 e. The van der Waals surface area contributed by atoms with E-state index >= 15 is 0 Å². The highest BCUT2D eigenvalue weighted by Gasteiger charge is 2.20. The Balaban J connectivity index is 2.21. The second-order valence-corrected chi connectivity index (χ2v) is 5.73. The monoisotopic (exact) mass is 385 g/mol. The van der Waals surface area contributed by atoms with E-state index in [2.05, 4.69) is 10.3 Å². The van der Waals surface area contributed by atoms with Crippen LogP contribution in [-0.2, 0) is 17.8 Å². The number of hydroxylamine groups is 1. The van der Waals surface area contributed by atoms with Crippen LogP contribution in [0.3, 0.4) is 0 Å². The van der Waals surface area contributed by atoms with Crippen LogP contribution in [-0.4, -0.2) is 32.2 Å². The number of pyridine rings is 1. The summed E-state index contributed by atoms with van der Waals surface area (Å²) in [6.07, 6.45) is 1.05. The van der Waals surface area contributed by atoms with Crippen LogP contribution in [0, 0.1) is 0 Å². The highest BCUT2D eigenvalue weighted by molar-refractivity contribution is 6.42. The molecule has 0 atom stereocenters. The standard InChI is InChI=1S/C15H13Cl2N3O5/c16-9-2-1-7(3-10(9)17)4-12(22)19-11-5-18-13(15(24)20-25)14(23)8(11)6-21/h1-3,5,21,23,25H,4,6H2,(H,19,22)(H,20,24). The van der Waals surface area contributed by atoms with Crippen molar-refractivity contribution in [2.75, 3.05) is 5.32 Å². The lowest BCUT2D eigenvalue weighted by Crippen LogP contribution is -2.22. The number of hydrogen-bond acceptors (Lipinski definition) is 6. The van der Waals surface area contributed by atoms with Gasteiger partial charge in [0.15, 0.2) is 11.4 Å². The summed E-state index contributed by atoms with van der Waals surface area (Å²) in [5.74, 6) is -2.17. The van der Waals surface area contributed by atoms with Crippen molar-refractivity contribution in [3.05, 3.63) is 51.3 Å². The number of aromatic nitrogens is 1. The van der Waals surface area contributed by atoms with Gasteiger partial charge in [0.2, 0.25) is 5.91 Å². The third-order valence-electron chi connectivity index (χ3n) is 3.26. The van der Waals surface area contributed by atoms with Crippen LogP contribution in [0.15, 0.2) is 24.4 Å². The number of amides is 2. The van der Waals surface area contributed by atoms with E-state index in [-0.39, 0.29) is 17.7 Å². The predicted molar refractivity (Wildman–Crippen MR) is 89.9 cm³/mol. The molecule has 132 valence electrons. The van der Waals surface area contributed by atoms with Gasteiger partial charge < -0.3 is 15.5 Å². The number of hydrogen-bond donors (Lipinski definition) is 5. The quantitative estimate of drug-likeness (QED) is 0.394. The second kappa shape index (κ2) is 8.13. The summed E-state index contributed by atoms with van der Waals surface area (Å²) in [4.78, 5) is 27.2. The fourth-order valence-corrected chi connectivity index (χ4v) is 2.38. The number of aliphatic hydroxyl groups is 1. The fourth-order valence-electron chi connectivity index (χ4n) is 2.05. The molecule has 1 heterocycles. The molecule has 1 aromatic heterocycles. The van der Waals surface area contributed by atoms with Crippen LogP contribution >= 0.6 is 23.2 Å². The molecule has 0 aliphatic carbocycles. The maximum Gasteiger partial charge on any atom is 0.297 e. The van der Waals surface area contributed by atoms with E-state index in [0.717, 1.165) is 6.20 Å². The van der Waals surface area contributed by atoms with Crippen LogP contribution in [0.4, 0.5) is 5.69 Å². The number of nitrogens with zero attached hydrogens (tertiary/aromatic N) is 1. The third-order valence-corrected chi connectivity index (χ3v) is 3.99. The zero-order valence-corrected chi connectivity index (χ0v) is 14.1. The number of rotatable bonds is 5. The van der Waals surface area contributed by atoms with Gasteiger partial charge in [-0.2, -0.15) is 0 Å². The zero-order valence-electron chi connectivity index (χ0n) is 12.6. The number of benzene rings is 1. The summed E-state index contributed by atoms with van der Waals surface area (Å²) in [6.45, 7) is -0.664. The first-order valence-corrected chi connectivity index (χ1v) is 7.62. The van der Waals surface area contributed by atoms with Crippen LogP contribution < -0.4 is 10.8 Å². The molecule has 2 amide bonds. The van der Waals surface area contributed by atoms with E-state index in [4.69, 9.17) is 28.4 Å². The zero-order chi connectivity index (χ0) is 18.6. The number of nitrogens with one attached hydrogen (secondary N) is 2. The molecule has 25 heavy (non-hydrogen) atoms. The molecule has 10 heteroatoms. The van der Waals surface area contributed by atoms with E-state index in [1.807, 2.05) is 0 Å². The van der Waals surface area contributed by atoms with Gasteiger partial charge in [-0.25, -0.2) is 10.5 Å². The minimum atomic E-state index is -1.05. The maximum atomic E-state index is 12.1. The Bertz CT molecular complexity index is 829. The van der Waals surface area contributed by atoms with Gasteiger partial charge in [-0.1, -0.05) is 29.3 Å². The van der Waals surface area contributed by atoms with Gasteiger partial charge in [0.05, 0.1) is 35.0 Å². The molecule has 2 aromatic rings. The topological polar surface area (TPSA) is 132 Å². The maximum absolute atomic E-state index is 12.1. The fraction of sp³-hybridized carbons (Fsp3) is 0.133. The Morgan fingerprint density at radius 2 is 1.92 bits per heavy atom. The number of carbonyl (C=O) groups is 2. The lowest BCUT2D eigenvalue weighted by atomic mass is 10.1. The average Bonchev–Trinajstić information content (AvgIpc) is 2.58. The van der Waals surface area contributed by atoms with E-state index in [9.17, 15) is 19.8 Å². The molecular formula is C15H13Cl2N3O5. The minimum Gasteiger partial charge on any atom is -0.505 e. The minimum absolute atomic E-state index is 0.0274. The molecule has 5 N–H and O–H groups in total. The van der Waals surface area contributed by atoms with Crippen LogP contribution in [0.5, 0.6) is 5.75 Å². The third kappa shape index (κ3) is 4.37. The van der Waals surface area contributed by atoms with Crippen molar-refractivity contribution in [1.29, 1.82) is 0 Å². The number of carbonyl (C=O) groups excluding carboxylic acids is 2. The van der Waals surface area contributed by atoms with E-state index in [1.165, 1.54) is 5.48 Å². The summed E-state index contributed by atoms with van der Waals surface area (Å²) in [5.41, 5.74) is 1.35. The van der Waals surface area contributed by atoms with Crippen molar-refractivity contribution >= 4 is 40.7 Å². The normalized spacial score (nSPS) is 10.4. The molecule has 0 saturated carbocycles. The summed E-state index contributed by atoms with van der Waals surface area (Å²) in [6, 6.07) is 4.73. The highest BCUT2D eigenvalue weighted by atomic mass is 35.5. The Morgan fingerprint density at radius 3 is 2.52 bits per heavy atom. The van der Waals surface area contributed by atoms with Gasteiger partial charge in [-0.3, -0.25) is 14.8 Å². The van der Waals surface area contributed by atoms with Gasteiger partial charge in [0.1, 0.15) is 0 Å². The molecule has 0 bridgehead atoms. The van der Waals surface area contributed by atoms with Crippen molar-refractivity contribution in [3.8, 4) is 5.75 Å². The lowest BCUT2D eigenvalue weighted by molar-refractivity contribution is -0.115. The Morgan fingerprint density at radius 1 is 1.20 bits per heavy atom. The number of aliphatic hydroxyl groups excluding tert-OH is 1. The molecular weight excluding hydrogens is 373 g/mol. The molecule has 1 aromatic carbocycles. The van der Waals surface area contributed by atoms with Crippen LogP contribution in [0.1, 0.15) is 21.6 Å². The summed E-state index contributed by atoms with van der Waals surface area (Å²) in [7, 11) is 0. The molecule has 0 aliphatic heterocycles. The average molecular weight is 386 g/mol. The summed E-state index contributed by atoms with van der Waals surface area (Å²) < 4.78 is 0. The Labute approximate surface area is 152 Å². The molecule has 0 radical (unpaired) electrons. The van der Waals surface area contributed by atoms with Gasteiger partial charge in [-0.05, 0) is 17.7 Å². The van der Waals surface area contributed by atoms with E-state index < -0.39 is 29.9 Å². The molecule has 0 spiro atoms. The van der Waals surface area contributed by atoms with Crippen molar-refractivity contribution in [2.24, 2.45) is 0 Å². The van der Waals surface area contributed by atoms with Crippen molar-refractivity contribution in [1.82, 2.24) is 10.5 Å². The summed E-state index contributed by atoms with van der Waals surface area (Å²) >= 11 is 11.7. The van der Waals surface area contributed by atoms with Crippen molar-refractivity contribution < 1.29 is 25.0 Å². The molecule has 2 rings (SSSR count).